The van der Waals surface area contributed by atoms with Gasteiger partial charge in [0.2, 0.25) is 0 Å². The van der Waals surface area contributed by atoms with Gasteiger partial charge in [-0.15, -0.1) is 0 Å². The second-order valence-electron chi connectivity index (χ2n) is 12.6. The number of hydrogen-bond donors (Lipinski definition) is 0. The monoisotopic (exact) mass is 585 g/mol. The first-order chi connectivity index (χ1) is 21.9. The van der Waals surface area contributed by atoms with Gasteiger partial charge in [0.25, 0.3) is 0 Å². The van der Waals surface area contributed by atoms with Crippen LogP contribution in [0, 0.1) is 0 Å². The fraction of sp³-hybridized carbons (Fsp3) is 0.143. The van der Waals surface area contributed by atoms with Gasteiger partial charge in [-0.3, -0.25) is 0 Å². The fourth-order valence-electron chi connectivity index (χ4n) is 6.41. The third kappa shape index (κ3) is 5.36. The average molecular weight is 586 g/mol. The number of aryl methyl sites for hydroxylation is 1. The average Bonchev–Trinajstić information content (AvgIpc) is 3.39. The maximum Gasteiger partial charge on any atom is 0.0492 e. The van der Waals surface area contributed by atoms with Crippen LogP contribution in [0.1, 0.15) is 33.3 Å². The zero-order valence-corrected chi connectivity index (χ0v) is 26.5. The molecule has 0 aliphatic carbocycles. The maximum atomic E-state index is 2.43. The largest absolute Gasteiger partial charge is 0.341 e. The van der Waals surface area contributed by atoms with Gasteiger partial charge in [-0.25, -0.2) is 0 Å². The lowest BCUT2D eigenvalue weighted by Crippen LogP contribution is -2.12. The first-order valence-corrected chi connectivity index (χ1v) is 15.8. The highest BCUT2D eigenvalue weighted by Crippen LogP contribution is 2.41. The van der Waals surface area contributed by atoms with Gasteiger partial charge in [-0.05, 0) is 109 Å². The Labute approximate surface area is 266 Å². The van der Waals surface area contributed by atoms with E-state index in [1.807, 2.05) is 0 Å². The van der Waals surface area contributed by atoms with E-state index in [1.165, 1.54) is 27.4 Å². The van der Waals surface area contributed by atoms with Crippen LogP contribution in [0.25, 0.3) is 21.8 Å². The Hall–Kier alpha value is -5.28. The topological polar surface area (TPSA) is 11.4 Å². The molecule has 0 aliphatic heterocycles. The van der Waals surface area contributed by atoms with Crippen LogP contribution < -0.4 is 9.80 Å². The summed E-state index contributed by atoms with van der Waals surface area (Å²) in [6.45, 7) is 10.0. The Morgan fingerprint density at radius 2 is 0.822 bits per heavy atom. The van der Waals surface area contributed by atoms with Gasteiger partial charge < -0.3 is 14.4 Å². The second kappa shape index (κ2) is 11.7. The molecule has 0 saturated heterocycles. The van der Waals surface area contributed by atoms with Crippen LogP contribution in [0.3, 0.4) is 0 Å². The van der Waals surface area contributed by atoms with E-state index in [0.29, 0.717) is 0 Å². The summed E-state index contributed by atoms with van der Waals surface area (Å²) < 4.78 is 2.43. The molecular weight excluding hydrogens is 546 g/mol. The highest BCUT2D eigenvalue weighted by atomic mass is 15.2. The third-order valence-corrected chi connectivity index (χ3v) is 8.70. The summed E-state index contributed by atoms with van der Waals surface area (Å²) >= 11 is 0. The molecule has 0 bridgehead atoms. The molecule has 0 spiro atoms. The first kappa shape index (κ1) is 28.5. The maximum absolute atomic E-state index is 2.43. The van der Waals surface area contributed by atoms with E-state index >= 15 is 0 Å². The molecule has 0 radical (unpaired) electrons. The van der Waals surface area contributed by atoms with E-state index in [1.54, 1.807) is 0 Å². The SMILES string of the molecule is CCn1c2ccc(N(c3ccccc3)c3ccc(N(c4ccccc4)c4ccccc4)cc3)cc2c2cc(C(C)(C)C)ccc21. The predicted octanol–water partition coefficient (Wildman–Crippen LogP) is 12.1. The first-order valence-electron chi connectivity index (χ1n) is 15.8. The van der Waals surface area contributed by atoms with Gasteiger partial charge >= 0.3 is 0 Å². The number of nitrogens with zero attached hydrogens (tertiary/aromatic N) is 3. The van der Waals surface area contributed by atoms with E-state index in [9.17, 15) is 0 Å². The van der Waals surface area contributed by atoms with Gasteiger partial charge in [0.1, 0.15) is 0 Å². The van der Waals surface area contributed by atoms with Crippen molar-refractivity contribution in [1.29, 1.82) is 0 Å². The summed E-state index contributed by atoms with van der Waals surface area (Å²) in [4.78, 5) is 4.66. The van der Waals surface area contributed by atoms with Crippen molar-refractivity contribution in [1.82, 2.24) is 4.57 Å². The van der Waals surface area contributed by atoms with E-state index < -0.39 is 0 Å². The molecule has 0 saturated carbocycles. The highest BCUT2D eigenvalue weighted by molar-refractivity contribution is 6.10. The van der Waals surface area contributed by atoms with Gasteiger partial charge in [0.05, 0.1) is 0 Å². The molecule has 0 unspecified atom stereocenters. The molecular formula is C42H39N3. The lowest BCUT2D eigenvalue weighted by molar-refractivity contribution is 0.591. The van der Waals surface area contributed by atoms with Crippen molar-refractivity contribution < 1.29 is 0 Å². The fourth-order valence-corrected chi connectivity index (χ4v) is 6.41. The Morgan fingerprint density at radius 1 is 0.444 bits per heavy atom. The van der Waals surface area contributed by atoms with Crippen LogP contribution in [-0.4, -0.2) is 4.57 Å². The van der Waals surface area contributed by atoms with Crippen molar-refractivity contribution in [3.05, 3.63) is 157 Å². The summed E-state index contributed by atoms with van der Waals surface area (Å²) in [5.74, 6) is 0. The molecule has 0 amide bonds. The smallest absolute Gasteiger partial charge is 0.0492 e. The van der Waals surface area contributed by atoms with Crippen LogP contribution in [0.2, 0.25) is 0 Å². The molecule has 0 fully saturated rings. The molecule has 222 valence electrons. The molecule has 0 aliphatic rings. The van der Waals surface area contributed by atoms with Gasteiger partial charge in [0.15, 0.2) is 0 Å². The zero-order valence-electron chi connectivity index (χ0n) is 26.5. The Kier molecular flexibility index (Phi) is 7.39. The molecule has 3 nitrogen and oxygen atoms in total. The zero-order chi connectivity index (χ0) is 31.0. The van der Waals surface area contributed by atoms with Gasteiger partial charge in [-0.1, -0.05) is 81.4 Å². The van der Waals surface area contributed by atoms with Crippen molar-refractivity contribution in [2.75, 3.05) is 9.80 Å². The lowest BCUT2D eigenvalue weighted by Gasteiger charge is -2.28. The van der Waals surface area contributed by atoms with E-state index in [2.05, 4.69) is 194 Å². The number of hydrogen-bond acceptors (Lipinski definition) is 2. The van der Waals surface area contributed by atoms with Crippen LogP contribution >= 0.6 is 0 Å². The summed E-state index contributed by atoms with van der Waals surface area (Å²) in [5.41, 5.74) is 10.7. The van der Waals surface area contributed by atoms with E-state index in [4.69, 9.17) is 0 Å². The molecule has 3 heteroatoms. The number of para-hydroxylation sites is 3. The van der Waals surface area contributed by atoms with E-state index in [-0.39, 0.29) is 5.41 Å². The molecule has 1 aromatic heterocycles. The number of fused-ring (bicyclic) bond motifs is 3. The number of anilines is 6. The molecule has 7 rings (SSSR count). The summed E-state index contributed by atoms with van der Waals surface area (Å²) in [6, 6.07) is 54.6. The molecule has 0 atom stereocenters. The van der Waals surface area contributed by atoms with Crippen molar-refractivity contribution in [3.8, 4) is 0 Å². The lowest BCUT2D eigenvalue weighted by atomic mass is 9.86. The molecule has 0 N–H and O–H groups in total. The second-order valence-corrected chi connectivity index (χ2v) is 12.6. The van der Waals surface area contributed by atoms with Gasteiger partial charge in [-0.2, -0.15) is 0 Å². The Balaban J connectivity index is 1.37. The quantitative estimate of drug-likeness (QED) is 0.184. The number of benzene rings is 6. The van der Waals surface area contributed by atoms with Crippen LogP contribution in [0.15, 0.2) is 152 Å². The summed E-state index contributed by atoms with van der Waals surface area (Å²) in [6.07, 6.45) is 0. The number of aromatic nitrogens is 1. The van der Waals surface area contributed by atoms with Crippen LogP contribution in [0.5, 0.6) is 0 Å². The van der Waals surface area contributed by atoms with Crippen molar-refractivity contribution in [2.24, 2.45) is 0 Å². The van der Waals surface area contributed by atoms with Crippen molar-refractivity contribution in [3.63, 3.8) is 0 Å². The van der Waals surface area contributed by atoms with Crippen LogP contribution in [-0.2, 0) is 12.0 Å². The minimum atomic E-state index is 0.0810. The minimum absolute atomic E-state index is 0.0810. The Morgan fingerprint density at radius 3 is 1.27 bits per heavy atom. The van der Waals surface area contributed by atoms with Gasteiger partial charge in [0, 0.05) is 62.5 Å². The third-order valence-electron chi connectivity index (χ3n) is 8.70. The molecule has 45 heavy (non-hydrogen) atoms. The molecule has 6 aromatic carbocycles. The molecule has 7 aromatic rings. The standard InChI is InChI=1S/C42H39N3/c1-5-43-40-27-21-31(42(2,3)4)29-38(40)39-30-37(26-28-41(39)43)45(34-19-13-8-14-20-34)36-24-22-35(23-25-36)44(32-15-9-6-10-16-32)33-17-11-7-12-18-33/h6-30H,5H2,1-4H3. The minimum Gasteiger partial charge on any atom is -0.341 e. The predicted molar refractivity (Wildman–Crippen MR) is 193 cm³/mol. The van der Waals surface area contributed by atoms with E-state index in [0.717, 1.165) is 40.7 Å². The summed E-state index contributed by atoms with van der Waals surface area (Å²) in [5, 5.41) is 2.60. The van der Waals surface area contributed by atoms with Crippen molar-refractivity contribution in [2.45, 2.75) is 39.7 Å². The van der Waals surface area contributed by atoms with Crippen LogP contribution in [0.4, 0.5) is 34.1 Å². The Bertz CT molecular complexity index is 2010. The number of rotatable bonds is 7. The highest BCUT2D eigenvalue weighted by Gasteiger charge is 2.20. The molecule has 1 heterocycles. The summed E-state index contributed by atoms with van der Waals surface area (Å²) in [7, 11) is 0. The normalized spacial score (nSPS) is 11.6. The van der Waals surface area contributed by atoms with Crippen molar-refractivity contribution >= 4 is 55.9 Å².